The number of alkyl halides is 3. The van der Waals surface area contributed by atoms with Crippen molar-refractivity contribution in [1.29, 1.82) is 0 Å². The van der Waals surface area contributed by atoms with Gasteiger partial charge in [0.1, 0.15) is 0 Å². The highest BCUT2D eigenvalue weighted by Gasteiger charge is 2.47. The lowest BCUT2D eigenvalue weighted by molar-refractivity contribution is -0.210. The van der Waals surface area contributed by atoms with Crippen molar-refractivity contribution in [1.82, 2.24) is 10.1 Å². The third-order valence-electron chi connectivity index (χ3n) is 3.18. The van der Waals surface area contributed by atoms with Gasteiger partial charge in [0, 0.05) is 5.41 Å². The minimum atomic E-state index is -4.68. The molecular formula is C10H13F3N2O2. The highest BCUT2D eigenvalue weighted by molar-refractivity contribution is 5.15. The maximum atomic E-state index is 12.3. The van der Waals surface area contributed by atoms with Crippen LogP contribution < -0.4 is 0 Å². The van der Waals surface area contributed by atoms with Crippen LogP contribution in [0.25, 0.3) is 0 Å². The molecule has 1 aliphatic carbocycles. The topological polar surface area (TPSA) is 59.2 Å². The highest BCUT2D eigenvalue weighted by Crippen LogP contribution is 2.46. The SMILES string of the molecule is CC(c1nc(C2(C)CC2)no1)C(O)C(F)(F)F. The maximum Gasteiger partial charge on any atom is 0.415 e. The number of aliphatic hydroxyl groups is 1. The van der Waals surface area contributed by atoms with Crippen LogP contribution in [0.15, 0.2) is 4.52 Å². The van der Waals surface area contributed by atoms with E-state index >= 15 is 0 Å². The largest absolute Gasteiger partial charge is 0.415 e. The van der Waals surface area contributed by atoms with E-state index in [1.165, 1.54) is 6.92 Å². The second kappa shape index (κ2) is 3.69. The van der Waals surface area contributed by atoms with E-state index in [9.17, 15) is 13.2 Å². The molecule has 17 heavy (non-hydrogen) atoms. The summed E-state index contributed by atoms with van der Waals surface area (Å²) in [7, 11) is 0. The van der Waals surface area contributed by atoms with Gasteiger partial charge in [-0.25, -0.2) is 0 Å². The highest BCUT2D eigenvalue weighted by atomic mass is 19.4. The zero-order valence-electron chi connectivity index (χ0n) is 9.45. The number of hydrogen-bond donors (Lipinski definition) is 1. The van der Waals surface area contributed by atoms with E-state index in [1.807, 2.05) is 6.92 Å². The van der Waals surface area contributed by atoms with Crippen molar-refractivity contribution in [3.05, 3.63) is 11.7 Å². The summed E-state index contributed by atoms with van der Waals surface area (Å²) in [6.07, 6.45) is -5.36. The second-order valence-corrected chi connectivity index (χ2v) is 4.79. The molecule has 0 radical (unpaired) electrons. The minimum Gasteiger partial charge on any atom is -0.383 e. The molecule has 7 heteroatoms. The molecule has 0 bridgehead atoms. The van der Waals surface area contributed by atoms with Gasteiger partial charge in [0.05, 0.1) is 5.92 Å². The van der Waals surface area contributed by atoms with Crippen LogP contribution in [-0.2, 0) is 5.41 Å². The van der Waals surface area contributed by atoms with Crippen LogP contribution in [0.5, 0.6) is 0 Å². The van der Waals surface area contributed by atoms with E-state index in [0.717, 1.165) is 12.8 Å². The zero-order chi connectivity index (χ0) is 12.8. The lowest BCUT2D eigenvalue weighted by atomic mass is 10.0. The lowest BCUT2D eigenvalue weighted by Gasteiger charge is -2.18. The molecule has 1 fully saturated rings. The van der Waals surface area contributed by atoms with Crippen LogP contribution in [0.3, 0.4) is 0 Å². The van der Waals surface area contributed by atoms with Crippen molar-refractivity contribution in [2.45, 2.75) is 50.3 Å². The molecule has 1 aromatic rings. The average Bonchev–Trinajstić information content (AvgIpc) is 2.82. The van der Waals surface area contributed by atoms with Crippen LogP contribution in [-0.4, -0.2) is 27.5 Å². The van der Waals surface area contributed by atoms with Crippen molar-refractivity contribution in [2.24, 2.45) is 0 Å². The Hall–Kier alpha value is -1.11. The van der Waals surface area contributed by atoms with Crippen molar-refractivity contribution in [2.75, 3.05) is 0 Å². The van der Waals surface area contributed by atoms with Gasteiger partial charge in [-0.05, 0) is 12.8 Å². The molecule has 96 valence electrons. The Balaban J connectivity index is 2.15. The molecule has 0 aliphatic heterocycles. The molecular weight excluding hydrogens is 237 g/mol. The molecule has 1 heterocycles. The Bertz CT molecular complexity index is 412. The Morgan fingerprint density at radius 1 is 1.41 bits per heavy atom. The Morgan fingerprint density at radius 2 is 2.00 bits per heavy atom. The smallest absolute Gasteiger partial charge is 0.383 e. The third-order valence-corrected chi connectivity index (χ3v) is 3.18. The Labute approximate surface area is 95.8 Å². The monoisotopic (exact) mass is 250 g/mol. The van der Waals surface area contributed by atoms with Gasteiger partial charge < -0.3 is 9.63 Å². The van der Waals surface area contributed by atoms with E-state index in [-0.39, 0.29) is 11.3 Å². The summed E-state index contributed by atoms with van der Waals surface area (Å²) in [5.41, 5.74) is -0.162. The zero-order valence-corrected chi connectivity index (χ0v) is 9.45. The van der Waals surface area contributed by atoms with Crippen molar-refractivity contribution in [3.63, 3.8) is 0 Å². The van der Waals surface area contributed by atoms with Crippen LogP contribution in [0, 0.1) is 0 Å². The molecule has 0 saturated heterocycles. The summed E-state index contributed by atoms with van der Waals surface area (Å²) in [5, 5.41) is 12.8. The molecule has 0 aromatic carbocycles. The van der Waals surface area contributed by atoms with Crippen molar-refractivity contribution < 1.29 is 22.8 Å². The number of aromatic nitrogens is 2. The molecule has 1 saturated carbocycles. The predicted octanol–water partition coefficient (Wildman–Crippen LogP) is 2.15. The van der Waals surface area contributed by atoms with Gasteiger partial charge in [0.25, 0.3) is 0 Å². The standard InChI is InChI=1S/C10H13F3N2O2/c1-5(6(16)10(11,12)13)7-14-8(15-17-7)9(2)3-4-9/h5-6,16H,3-4H2,1-2H3. The molecule has 1 aliphatic rings. The molecule has 0 amide bonds. The summed E-state index contributed by atoms with van der Waals surface area (Å²) >= 11 is 0. The van der Waals surface area contributed by atoms with Crippen molar-refractivity contribution >= 4 is 0 Å². The number of hydrogen-bond acceptors (Lipinski definition) is 4. The van der Waals surface area contributed by atoms with Gasteiger partial charge in [0.15, 0.2) is 11.9 Å². The number of nitrogens with zero attached hydrogens (tertiary/aromatic N) is 2. The van der Waals surface area contributed by atoms with Gasteiger partial charge >= 0.3 is 6.18 Å². The molecule has 1 aromatic heterocycles. The number of halogens is 3. The first kappa shape index (κ1) is 12.3. The molecule has 2 atom stereocenters. The fourth-order valence-corrected chi connectivity index (χ4v) is 1.49. The van der Waals surface area contributed by atoms with Gasteiger partial charge in [-0.3, -0.25) is 0 Å². The fourth-order valence-electron chi connectivity index (χ4n) is 1.49. The quantitative estimate of drug-likeness (QED) is 0.892. The van der Waals surface area contributed by atoms with Gasteiger partial charge in [-0.15, -0.1) is 0 Å². The van der Waals surface area contributed by atoms with Gasteiger partial charge in [-0.1, -0.05) is 19.0 Å². The van der Waals surface area contributed by atoms with E-state index in [4.69, 9.17) is 9.63 Å². The van der Waals surface area contributed by atoms with E-state index in [0.29, 0.717) is 5.82 Å². The first-order valence-electron chi connectivity index (χ1n) is 5.33. The Kier molecular flexibility index (Phi) is 2.68. The number of aliphatic hydroxyl groups excluding tert-OH is 1. The maximum absolute atomic E-state index is 12.3. The summed E-state index contributed by atoms with van der Waals surface area (Å²) in [5.74, 6) is -0.995. The van der Waals surface area contributed by atoms with Crippen LogP contribution in [0.2, 0.25) is 0 Å². The third kappa shape index (κ3) is 2.29. The molecule has 1 N–H and O–H groups in total. The van der Waals surface area contributed by atoms with Crippen molar-refractivity contribution in [3.8, 4) is 0 Å². The molecule has 2 unspecified atom stereocenters. The summed E-state index contributed by atoms with van der Waals surface area (Å²) < 4.78 is 41.7. The summed E-state index contributed by atoms with van der Waals surface area (Å²) in [4.78, 5) is 3.94. The summed E-state index contributed by atoms with van der Waals surface area (Å²) in [6.45, 7) is 3.14. The van der Waals surface area contributed by atoms with E-state index in [1.54, 1.807) is 0 Å². The molecule has 4 nitrogen and oxygen atoms in total. The minimum absolute atomic E-state index is 0.162. The van der Waals surface area contributed by atoms with E-state index in [2.05, 4.69) is 10.1 Å². The first-order valence-corrected chi connectivity index (χ1v) is 5.33. The molecule has 0 spiro atoms. The van der Waals surface area contributed by atoms with Crippen LogP contribution in [0.1, 0.15) is 44.3 Å². The van der Waals surface area contributed by atoms with Crippen LogP contribution in [0.4, 0.5) is 13.2 Å². The van der Waals surface area contributed by atoms with Gasteiger partial charge in [0.2, 0.25) is 5.89 Å². The molecule has 2 rings (SSSR count). The van der Waals surface area contributed by atoms with Gasteiger partial charge in [-0.2, -0.15) is 18.2 Å². The first-order chi connectivity index (χ1) is 7.74. The lowest BCUT2D eigenvalue weighted by Crippen LogP contribution is -2.33. The normalized spacial score (nSPS) is 22.2. The average molecular weight is 250 g/mol. The Morgan fingerprint density at radius 3 is 2.47 bits per heavy atom. The second-order valence-electron chi connectivity index (χ2n) is 4.79. The van der Waals surface area contributed by atoms with E-state index < -0.39 is 18.2 Å². The fraction of sp³-hybridized carbons (Fsp3) is 0.800. The van der Waals surface area contributed by atoms with Crippen LogP contribution >= 0.6 is 0 Å². The summed E-state index contributed by atoms with van der Waals surface area (Å²) in [6, 6.07) is 0. The predicted molar refractivity (Wildman–Crippen MR) is 51.4 cm³/mol. The number of rotatable bonds is 3.